The van der Waals surface area contributed by atoms with Gasteiger partial charge in [0.25, 0.3) is 0 Å². The van der Waals surface area contributed by atoms with E-state index >= 15 is 0 Å². The van der Waals surface area contributed by atoms with Gasteiger partial charge in [-0.1, -0.05) is 41.7 Å². The number of carbonyl (C=O) groups is 2. The summed E-state index contributed by atoms with van der Waals surface area (Å²) in [6.07, 6.45) is 3.18. The molecule has 1 aromatic rings. The second kappa shape index (κ2) is 12.5. The first-order valence-corrected chi connectivity index (χ1v) is 9.45. The van der Waals surface area contributed by atoms with E-state index < -0.39 is 12.1 Å². The van der Waals surface area contributed by atoms with Crippen LogP contribution < -0.4 is 10.1 Å². The Balaban J connectivity index is 2.28. The maximum Gasteiger partial charge on any atom is 0.412 e. The number of nitrogens with one attached hydrogen (secondary N) is 1. The van der Waals surface area contributed by atoms with Gasteiger partial charge < -0.3 is 19.5 Å². The third-order valence-electron chi connectivity index (χ3n) is 2.70. The molecule has 8 heteroatoms. The zero-order valence-electron chi connectivity index (χ0n) is 13.9. The summed E-state index contributed by atoms with van der Waals surface area (Å²) < 4.78 is 15.2. The molecule has 0 saturated heterocycles. The van der Waals surface area contributed by atoms with Crippen molar-refractivity contribution >= 4 is 40.6 Å². The van der Waals surface area contributed by atoms with Crippen molar-refractivity contribution in [3.8, 4) is 5.75 Å². The highest BCUT2D eigenvalue weighted by Gasteiger charge is 2.05. The summed E-state index contributed by atoms with van der Waals surface area (Å²) in [6.45, 7) is 5.73. The van der Waals surface area contributed by atoms with Gasteiger partial charge in [0.2, 0.25) is 0 Å². The van der Waals surface area contributed by atoms with E-state index in [1.165, 1.54) is 10.8 Å². The number of hydrogen-bond donors (Lipinski definition) is 2. The minimum atomic E-state index is -0.618. The van der Waals surface area contributed by atoms with Crippen LogP contribution in [0, 0.1) is 0 Å². The molecule has 1 amide bonds. The number of amides is 1. The van der Waals surface area contributed by atoms with Gasteiger partial charge in [-0.3, -0.25) is 0 Å². The van der Waals surface area contributed by atoms with Crippen LogP contribution in [0.25, 0.3) is 6.08 Å². The lowest BCUT2D eigenvalue weighted by molar-refractivity contribution is -0.138. The summed E-state index contributed by atoms with van der Waals surface area (Å²) in [5.41, 5.74) is 1.27. The topological polar surface area (TPSA) is 73.9 Å². The number of thiol groups is 1. The molecular weight excluding hydrogens is 362 g/mol. The minimum Gasteiger partial charge on any atom is -0.460 e. The van der Waals surface area contributed by atoms with Crippen LogP contribution in [0.5, 0.6) is 5.75 Å². The monoisotopic (exact) mass is 383 g/mol. The van der Waals surface area contributed by atoms with E-state index in [9.17, 15) is 9.59 Å². The highest BCUT2D eigenvalue weighted by Crippen LogP contribution is 2.13. The Morgan fingerprint density at radius 3 is 2.68 bits per heavy atom. The van der Waals surface area contributed by atoms with Crippen molar-refractivity contribution in [3.05, 3.63) is 48.1 Å². The van der Waals surface area contributed by atoms with Crippen molar-refractivity contribution in [2.45, 2.75) is 6.92 Å². The normalized spacial score (nSPS) is 10.5. The van der Waals surface area contributed by atoms with Gasteiger partial charge in [0.05, 0.1) is 13.2 Å². The Kier molecular flexibility index (Phi) is 10.5. The van der Waals surface area contributed by atoms with E-state index in [-0.39, 0.29) is 13.2 Å². The fourth-order valence-electron chi connectivity index (χ4n) is 1.55. The van der Waals surface area contributed by atoms with Gasteiger partial charge in [-0.2, -0.15) is 0 Å². The van der Waals surface area contributed by atoms with Crippen molar-refractivity contribution in [2.75, 3.05) is 25.7 Å². The summed E-state index contributed by atoms with van der Waals surface area (Å²) in [6, 6.07) is 7.01. The average molecular weight is 383 g/mol. The lowest BCUT2D eigenvalue weighted by atomic mass is 10.2. The largest absolute Gasteiger partial charge is 0.460 e. The predicted molar refractivity (Wildman–Crippen MR) is 103 cm³/mol. The molecular formula is C17H21NO5S2. The summed E-state index contributed by atoms with van der Waals surface area (Å²) in [5, 5.41) is 2.49. The van der Waals surface area contributed by atoms with Gasteiger partial charge in [-0.25, -0.2) is 9.59 Å². The fraction of sp³-hybridized carbons (Fsp3) is 0.294. The molecule has 0 fully saturated rings. The molecule has 25 heavy (non-hydrogen) atoms. The molecule has 1 N–H and O–H groups in total. The van der Waals surface area contributed by atoms with E-state index in [0.717, 1.165) is 5.56 Å². The maximum atomic E-state index is 11.6. The molecule has 136 valence electrons. The van der Waals surface area contributed by atoms with Gasteiger partial charge in [-0.05, 0) is 24.6 Å². The van der Waals surface area contributed by atoms with Gasteiger partial charge in [-0.15, -0.1) is 11.7 Å². The van der Waals surface area contributed by atoms with E-state index in [4.69, 9.17) is 14.2 Å². The van der Waals surface area contributed by atoms with E-state index in [0.29, 0.717) is 23.9 Å². The SMILES string of the molecule is C=C(C)C(=O)OCCNC(=O)Oc1ccc(/C=C/COCSS)cc1. The van der Waals surface area contributed by atoms with Gasteiger partial charge in [0, 0.05) is 5.57 Å². The molecule has 0 aliphatic rings. The highest BCUT2D eigenvalue weighted by molar-refractivity contribution is 8.68. The molecule has 1 rings (SSSR count). The van der Waals surface area contributed by atoms with Crippen LogP contribution in [0.15, 0.2) is 42.5 Å². The Morgan fingerprint density at radius 1 is 1.32 bits per heavy atom. The smallest absolute Gasteiger partial charge is 0.412 e. The second-order valence-electron chi connectivity index (χ2n) is 4.82. The third-order valence-corrected chi connectivity index (χ3v) is 3.29. The molecule has 0 aliphatic heterocycles. The number of rotatable bonds is 10. The molecule has 1 aromatic carbocycles. The Hall–Kier alpha value is -1.90. The molecule has 6 nitrogen and oxygen atoms in total. The molecule has 0 aromatic heterocycles. The molecule has 0 radical (unpaired) electrons. The lowest BCUT2D eigenvalue weighted by Gasteiger charge is -2.07. The first-order valence-electron chi connectivity index (χ1n) is 7.42. The van der Waals surface area contributed by atoms with Crippen molar-refractivity contribution in [3.63, 3.8) is 0 Å². The summed E-state index contributed by atoms with van der Waals surface area (Å²) in [5.74, 6) is 0.451. The zero-order valence-corrected chi connectivity index (χ0v) is 15.6. The van der Waals surface area contributed by atoms with Gasteiger partial charge in [0.1, 0.15) is 18.3 Å². The molecule has 0 atom stereocenters. The van der Waals surface area contributed by atoms with Gasteiger partial charge in [0.15, 0.2) is 0 Å². The standard InChI is InChI=1S/C17H21NO5S2/c1-13(2)16(19)22-11-9-18-17(20)23-15-7-5-14(6-8-15)4-3-10-21-12-25-24/h3-8,24H,1,9-12H2,2H3,(H,18,20)/b4-3+. The van der Waals surface area contributed by atoms with E-state index in [2.05, 4.69) is 23.6 Å². The first-order chi connectivity index (χ1) is 12.0. The lowest BCUT2D eigenvalue weighted by Crippen LogP contribution is -2.30. The van der Waals surface area contributed by atoms with Crippen LogP contribution in [0.2, 0.25) is 0 Å². The zero-order chi connectivity index (χ0) is 18.5. The summed E-state index contributed by atoms with van der Waals surface area (Å²) in [4.78, 5) is 22.8. The van der Waals surface area contributed by atoms with E-state index in [1.54, 1.807) is 19.1 Å². The molecule has 0 heterocycles. The van der Waals surface area contributed by atoms with Gasteiger partial charge >= 0.3 is 12.1 Å². The van der Waals surface area contributed by atoms with E-state index in [1.807, 2.05) is 24.3 Å². The average Bonchev–Trinajstić information content (AvgIpc) is 2.59. The van der Waals surface area contributed by atoms with Crippen LogP contribution in [0.3, 0.4) is 0 Å². The van der Waals surface area contributed by atoms with Crippen LogP contribution in [-0.4, -0.2) is 37.8 Å². The fourth-order valence-corrected chi connectivity index (χ4v) is 1.94. The van der Waals surface area contributed by atoms with Crippen molar-refractivity contribution in [2.24, 2.45) is 0 Å². The molecule has 0 bridgehead atoms. The van der Waals surface area contributed by atoms with Crippen LogP contribution >= 0.6 is 22.5 Å². The predicted octanol–water partition coefficient (Wildman–Crippen LogP) is 3.46. The quantitative estimate of drug-likeness (QED) is 0.161. The van der Waals surface area contributed by atoms with Crippen LogP contribution in [0.1, 0.15) is 12.5 Å². The third kappa shape index (κ3) is 9.85. The van der Waals surface area contributed by atoms with Crippen molar-refractivity contribution < 1.29 is 23.8 Å². The number of ether oxygens (including phenoxy) is 3. The number of esters is 1. The highest BCUT2D eigenvalue weighted by atomic mass is 33.1. The minimum absolute atomic E-state index is 0.0539. The van der Waals surface area contributed by atoms with Crippen molar-refractivity contribution in [1.82, 2.24) is 5.32 Å². The van der Waals surface area contributed by atoms with Crippen LogP contribution in [-0.2, 0) is 14.3 Å². The maximum absolute atomic E-state index is 11.6. The summed E-state index contributed by atoms with van der Waals surface area (Å²) >= 11 is 3.97. The van der Waals surface area contributed by atoms with Crippen molar-refractivity contribution in [1.29, 1.82) is 0 Å². The van der Waals surface area contributed by atoms with Crippen LogP contribution in [0.4, 0.5) is 4.79 Å². The Bertz CT molecular complexity index is 602. The molecule has 0 spiro atoms. The summed E-state index contributed by atoms with van der Waals surface area (Å²) in [7, 11) is 1.32. The Labute approximate surface area is 156 Å². The molecule has 0 aliphatic carbocycles. The first kappa shape index (κ1) is 21.1. The molecule has 0 saturated carbocycles. The Morgan fingerprint density at radius 2 is 2.04 bits per heavy atom. The molecule has 0 unspecified atom stereocenters. The number of carbonyl (C=O) groups excluding carboxylic acids is 2. The number of hydrogen-bond acceptors (Lipinski definition) is 7. The number of benzene rings is 1. The second-order valence-corrected chi connectivity index (χ2v) is 6.09.